The molecule has 0 saturated heterocycles. The third kappa shape index (κ3) is 2.86. The molecule has 0 saturated carbocycles. The summed E-state index contributed by atoms with van der Waals surface area (Å²) in [7, 11) is 3.54. The van der Waals surface area contributed by atoms with E-state index in [0.717, 1.165) is 0 Å². The maximum absolute atomic E-state index is 5.28. The molecule has 0 radical (unpaired) electrons. The van der Waals surface area contributed by atoms with Gasteiger partial charge in [-0.1, -0.05) is 0 Å². The van der Waals surface area contributed by atoms with Crippen LogP contribution in [0.3, 0.4) is 0 Å². The van der Waals surface area contributed by atoms with Crippen LogP contribution in [0.4, 0.5) is 5.95 Å². The number of rotatable bonds is 5. The van der Waals surface area contributed by atoms with Crippen molar-refractivity contribution < 1.29 is 4.74 Å². The lowest BCUT2D eigenvalue weighted by Gasteiger charge is -2.05. The van der Waals surface area contributed by atoms with Crippen LogP contribution in [-0.4, -0.2) is 43.4 Å². The number of aryl methyl sites for hydroxylation is 1. The average molecular weight is 267 g/mol. The summed E-state index contributed by atoms with van der Waals surface area (Å²) >= 11 is 1.30. The van der Waals surface area contributed by atoms with E-state index in [4.69, 9.17) is 4.74 Å². The Balaban J connectivity index is 2.26. The Morgan fingerprint density at radius 1 is 1.39 bits per heavy atom. The minimum absolute atomic E-state index is 0.293. The minimum atomic E-state index is 0.293. The van der Waals surface area contributed by atoms with E-state index in [9.17, 15) is 0 Å². The van der Waals surface area contributed by atoms with Gasteiger partial charge in [0.1, 0.15) is 6.33 Å². The van der Waals surface area contributed by atoms with Crippen LogP contribution in [0.15, 0.2) is 16.6 Å². The molecule has 0 aliphatic heterocycles. The Hall–Kier alpha value is -1.90. The molecule has 9 heteroatoms. The Morgan fingerprint density at radius 3 is 2.83 bits per heavy atom. The van der Waals surface area contributed by atoms with Crippen LogP contribution in [0.2, 0.25) is 0 Å². The van der Waals surface area contributed by atoms with Crippen molar-refractivity contribution in [3.8, 4) is 6.01 Å². The van der Waals surface area contributed by atoms with Gasteiger partial charge in [0.05, 0.1) is 6.61 Å². The molecule has 0 aliphatic carbocycles. The lowest BCUT2D eigenvalue weighted by atomic mass is 10.8. The molecular formula is C9H13N7OS. The van der Waals surface area contributed by atoms with Crippen molar-refractivity contribution in [1.82, 2.24) is 29.7 Å². The largest absolute Gasteiger partial charge is 0.464 e. The summed E-state index contributed by atoms with van der Waals surface area (Å²) in [5.74, 6) is 0.457. The van der Waals surface area contributed by atoms with Crippen molar-refractivity contribution in [3.63, 3.8) is 0 Å². The van der Waals surface area contributed by atoms with Crippen molar-refractivity contribution >= 4 is 17.7 Å². The fraction of sp³-hybridized carbons (Fsp3) is 0.444. The van der Waals surface area contributed by atoms with Gasteiger partial charge in [-0.15, -0.1) is 0 Å². The summed E-state index contributed by atoms with van der Waals surface area (Å²) in [6.07, 6.45) is 1.48. The number of hydrogen-bond acceptors (Lipinski definition) is 8. The van der Waals surface area contributed by atoms with E-state index in [-0.39, 0.29) is 0 Å². The maximum Gasteiger partial charge on any atom is 0.322 e. The van der Waals surface area contributed by atoms with Crippen molar-refractivity contribution in [2.45, 2.75) is 17.2 Å². The standard InChI is InChI=1S/C9H13N7OS/c1-4-17-7-13-6(10-2)14-8(15-7)18-9-11-5-12-16(9)3/h5H,4H2,1-3H3,(H,10,13,14,15). The minimum Gasteiger partial charge on any atom is -0.464 e. The number of anilines is 1. The third-order valence-corrected chi connectivity index (χ3v) is 2.86. The number of aromatic nitrogens is 6. The lowest BCUT2D eigenvalue weighted by Crippen LogP contribution is -2.05. The highest BCUT2D eigenvalue weighted by atomic mass is 32.2. The molecule has 2 aromatic heterocycles. The highest BCUT2D eigenvalue weighted by Crippen LogP contribution is 2.23. The summed E-state index contributed by atoms with van der Waals surface area (Å²) in [4.78, 5) is 16.6. The lowest BCUT2D eigenvalue weighted by molar-refractivity contribution is 0.308. The van der Waals surface area contributed by atoms with E-state index in [0.29, 0.717) is 28.9 Å². The molecule has 0 fully saturated rings. The van der Waals surface area contributed by atoms with Gasteiger partial charge in [0.2, 0.25) is 11.1 Å². The van der Waals surface area contributed by atoms with E-state index >= 15 is 0 Å². The summed E-state index contributed by atoms with van der Waals surface area (Å²) in [6.45, 7) is 2.37. The second kappa shape index (κ2) is 5.63. The smallest absolute Gasteiger partial charge is 0.322 e. The van der Waals surface area contributed by atoms with E-state index in [1.54, 1.807) is 18.8 Å². The first-order chi connectivity index (χ1) is 8.72. The second-order valence-electron chi connectivity index (χ2n) is 3.18. The van der Waals surface area contributed by atoms with Crippen molar-refractivity contribution in [2.24, 2.45) is 7.05 Å². The molecule has 0 aromatic carbocycles. The van der Waals surface area contributed by atoms with Crippen LogP contribution in [0.25, 0.3) is 0 Å². The predicted octanol–water partition coefficient (Wildman–Crippen LogP) is 0.592. The van der Waals surface area contributed by atoms with Gasteiger partial charge in [-0.2, -0.15) is 20.1 Å². The van der Waals surface area contributed by atoms with Crippen LogP contribution < -0.4 is 10.1 Å². The highest BCUT2D eigenvalue weighted by Gasteiger charge is 2.10. The normalized spacial score (nSPS) is 10.4. The van der Waals surface area contributed by atoms with E-state index in [1.165, 1.54) is 18.1 Å². The summed E-state index contributed by atoms with van der Waals surface area (Å²) in [5, 5.41) is 8.05. The topological polar surface area (TPSA) is 90.6 Å². The SMILES string of the molecule is CCOc1nc(NC)nc(Sc2ncnn2C)n1. The Morgan fingerprint density at radius 2 is 2.22 bits per heavy atom. The number of ether oxygens (including phenoxy) is 1. The van der Waals surface area contributed by atoms with Crippen LogP contribution in [0.1, 0.15) is 6.92 Å². The van der Waals surface area contributed by atoms with Crippen molar-refractivity contribution in [2.75, 3.05) is 19.0 Å². The molecule has 0 aliphatic rings. The van der Waals surface area contributed by atoms with Gasteiger partial charge in [0, 0.05) is 14.1 Å². The first-order valence-electron chi connectivity index (χ1n) is 5.31. The number of hydrogen-bond donors (Lipinski definition) is 1. The highest BCUT2D eigenvalue weighted by molar-refractivity contribution is 7.99. The molecule has 0 atom stereocenters. The predicted molar refractivity (Wildman–Crippen MR) is 65.7 cm³/mol. The molecule has 0 unspecified atom stereocenters. The quantitative estimate of drug-likeness (QED) is 0.841. The van der Waals surface area contributed by atoms with Gasteiger partial charge in [-0.25, -0.2) is 9.67 Å². The van der Waals surface area contributed by atoms with Crippen LogP contribution in [0.5, 0.6) is 6.01 Å². The molecule has 18 heavy (non-hydrogen) atoms. The monoisotopic (exact) mass is 267 g/mol. The van der Waals surface area contributed by atoms with E-state index in [1.807, 2.05) is 6.92 Å². The van der Waals surface area contributed by atoms with Crippen LogP contribution >= 0.6 is 11.8 Å². The maximum atomic E-state index is 5.28. The molecule has 2 heterocycles. The zero-order valence-corrected chi connectivity index (χ0v) is 11.1. The first kappa shape index (κ1) is 12.6. The summed E-state index contributed by atoms with van der Waals surface area (Å²) in [6, 6.07) is 0.293. The molecule has 8 nitrogen and oxygen atoms in total. The molecule has 0 bridgehead atoms. The van der Waals surface area contributed by atoms with Crippen LogP contribution in [0, 0.1) is 0 Å². The molecular weight excluding hydrogens is 254 g/mol. The van der Waals surface area contributed by atoms with Gasteiger partial charge in [0.25, 0.3) is 0 Å². The van der Waals surface area contributed by atoms with Crippen molar-refractivity contribution in [1.29, 1.82) is 0 Å². The first-order valence-corrected chi connectivity index (χ1v) is 6.13. The van der Waals surface area contributed by atoms with Gasteiger partial charge >= 0.3 is 6.01 Å². The molecule has 2 aromatic rings. The average Bonchev–Trinajstić information content (AvgIpc) is 2.75. The third-order valence-electron chi connectivity index (χ3n) is 1.94. The number of nitrogens with zero attached hydrogens (tertiary/aromatic N) is 6. The van der Waals surface area contributed by atoms with Gasteiger partial charge in [-0.3, -0.25) is 0 Å². The molecule has 96 valence electrons. The molecule has 0 amide bonds. The molecule has 1 N–H and O–H groups in total. The summed E-state index contributed by atoms with van der Waals surface area (Å²) < 4.78 is 6.93. The van der Waals surface area contributed by atoms with E-state index < -0.39 is 0 Å². The zero-order valence-electron chi connectivity index (χ0n) is 10.3. The molecule has 0 spiro atoms. The van der Waals surface area contributed by atoms with E-state index in [2.05, 4.69) is 30.4 Å². The fourth-order valence-corrected chi connectivity index (χ4v) is 1.85. The molecule has 2 rings (SSSR count). The van der Waals surface area contributed by atoms with Gasteiger partial charge < -0.3 is 10.1 Å². The fourth-order valence-electron chi connectivity index (χ4n) is 1.15. The van der Waals surface area contributed by atoms with Crippen LogP contribution in [-0.2, 0) is 7.05 Å². The summed E-state index contributed by atoms with van der Waals surface area (Å²) in [5.41, 5.74) is 0. The Labute approximate surface area is 108 Å². The van der Waals surface area contributed by atoms with Gasteiger partial charge in [0.15, 0.2) is 5.16 Å². The second-order valence-corrected chi connectivity index (χ2v) is 4.11. The van der Waals surface area contributed by atoms with Gasteiger partial charge in [-0.05, 0) is 18.7 Å². The Kier molecular flexibility index (Phi) is 3.92. The Bertz CT molecular complexity index is 529. The van der Waals surface area contributed by atoms with Crippen molar-refractivity contribution in [3.05, 3.63) is 6.33 Å². The number of nitrogens with one attached hydrogen (secondary N) is 1. The zero-order chi connectivity index (χ0) is 13.0.